The van der Waals surface area contributed by atoms with E-state index in [4.69, 9.17) is 42.1 Å². The van der Waals surface area contributed by atoms with Crippen LogP contribution in [0, 0.1) is 0 Å². The van der Waals surface area contributed by atoms with E-state index in [0.29, 0.717) is 5.75 Å². The lowest BCUT2D eigenvalue weighted by Gasteiger charge is -2.22. The second-order valence-corrected chi connectivity index (χ2v) is 7.07. The summed E-state index contributed by atoms with van der Waals surface area (Å²) >= 11 is 12.8. The van der Waals surface area contributed by atoms with E-state index in [9.17, 15) is 9.59 Å². The zero-order valence-electron chi connectivity index (χ0n) is 17.9. The smallest absolute Gasteiger partial charge is 0.414 e. The number of ether oxygens (including phenoxy) is 4. The summed E-state index contributed by atoms with van der Waals surface area (Å²) < 4.78 is 21.2. The first-order valence-corrected chi connectivity index (χ1v) is 10.5. The van der Waals surface area contributed by atoms with Crippen molar-refractivity contribution in [1.29, 1.82) is 0 Å². The molecule has 0 unspecified atom stereocenters. The van der Waals surface area contributed by atoms with Crippen LogP contribution in [0.25, 0.3) is 0 Å². The number of amides is 1. The molecular weight excluding hydrogens is 445 g/mol. The molecule has 168 valence electrons. The van der Waals surface area contributed by atoms with E-state index in [2.05, 4.69) is 0 Å². The maximum Gasteiger partial charge on any atom is 0.414 e. The highest BCUT2D eigenvalue weighted by Gasteiger charge is 2.24. The maximum absolute atomic E-state index is 12.4. The number of rotatable bonds is 9. The molecule has 0 N–H and O–H groups in total. The average Bonchev–Trinajstić information content (AvgIpc) is 2.74. The van der Waals surface area contributed by atoms with Gasteiger partial charge in [0.05, 0.1) is 36.1 Å². The largest absolute Gasteiger partial charge is 0.496 e. The van der Waals surface area contributed by atoms with Crippen molar-refractivity contribution >= 4 is 41.0 Å². The lowest BCUT2D eigenvalue weighted by molar-refractivity contribution is -0.141. The van der Waals surface area contributed by atoms with Gasteiger partial charge < -0.3 is 18.9 Å². The molecule has 0 heterocycles. The topological polar surface area (TPSA) is 74.3 Å². The molecule has 0 atom stereocenters. The van der Waals surface area contributed by atoms with Crippen LogP contribution in [0.5, 0.6) is 17.2 Å². The number of hydrogen-bond acceptors (Lipinski definition) is 6. The van der Waals surface area contributed by atoms with E-state index in [1.54, 1.807) is 33.1 Å². The van der Waals surface area contributed by atoms with Crippen LogP contribution in [0.15, 0.2) is 30.3 Å². The van der Waals surface area contributed by atoms with Gasteiger partial charge >= 0.3 is 12.1 Å². The summed E-state index contributed by atoms with van der Waals surface area (Å²) in [7, 11) is 1.60. The number of carbonyl (C=O) groups is 2. The molecule has 2 aromatic carbocycles. The number of carbonyl (C=O) groups excluding carboxylic acids is 2. The lowest BCUT2D eigenvalue weighted by atomic mass is 10.1. The first-order chi connectivity index (χ1) is 14.8. The Labute approximate surface area is 191 Å². The number of nitrogens with zero attached hydrogens (tertiary/aromatic N) is 1. The van der Waals surface area contributed by atoms with E-state index in [1.165, 1.54) is 12.1 Å². The van der Waals surface area contributed by atoms with Crippen LogP contribution >= 0.6 is 23.2 Å². The Morgan fingerprint density at radius 3 is 2.16 bits per heavy atom. The van der Waals surface area contributed by atoms with E-state index in [0.717, 1.165) is 22.6 Å². The number of aryl methyl sites for hydroxylation is 1. The van der Waals surface area contributed by atoms with Crippen LogP contribution < -0.4 is 14.4 Å². The fourth-order valence-corrected chi connectivity index (χ4v) is 3.36. The third-order valence-electron chi connectivity index (χ3n) is 4.23. The number of methoxy groups -OCH3 is 1. The van der Waals surface area contributed by atoms with Gasteiger partial charge in [-0.2, -0.15) is 0 Å². The van der Waals surface area contributed by atoms with Crippen LogP contribution in [0.3, 0.4) is 0 Å². The molecule has 2 aromatic rings. The molecule has 2 rings (SSSR count). The van der Waals surface area contributed by atoms with Crippen LogP contribution in [-0.2, 0) is 20.7 Å². The van der Waals surface area contributed by atoms with Crippen molar-refractivity contribution in [3.05, 3.63) is 45.9 Å². The van der Waals surface area contributed by atoms with Crippen molar-refractivity contribution in [2.24, 2.45) is 0 Å². The lowest BCUT2D eigenvalue weighted by Crippen LogP contribution is -2.37. The van der Waals surface area contributed by atoms with Crippen LogP contribution in [-0.4, -0.2) is 38.9 Å². The molecule has 0 aliphatic carbocycles. The molecule has 0 spiro atoms. The molecule has 0 bridgehead atoms. The minimum absolute atomic E-state index is 0.137. The minimum Gasteiger partial charge on any atom is -0.496 e. The van der Waals surface area contributed by atoms with Crippen molar-refractivity contribution in [3.63, 3.8) is 0 Å². The maximum atomic E-state index is 12.4. The van der Waals surface area contributed by atoms with Gasteiger partial charge in [-0.3, -0.25) is 9.69 Å². The highest BCUT2D eigenvalue weighted by molar-refractivity contribution is 6.37. The third kappa shape index (κ3) is 6.42. The Bertz CT molecular complexity index is 911. The fourth-order valence-electron chi connectivity index (χ4n) is 2.81. The fraction of sp³-hybridized carbons (Fsp3) is 0.364. The summed E-state index contributed by atoms with van der Waals surface area (Å²) in [6.07, 6.45) is 0.0301. The van der Waals surface area contributed by atoms with Gasteiger partial charge in [-0.25, -0.2) is 4.79 Å². The van der Waals surface area contributed by atoms with E-state index < -0.39 is 12.1 Å². The minimum atomic E-state index is -0.723. The Hall–Kier alpha value is -2.64. The molecule has 31 heavy (non-hydrogen) atoms. The Kier molecular flexibility index (Phi) is 9.27. The highest BCUT2D eigenvalue weighted by Crippen LogP contribution is 2.40. The van der Waals surface area contributed by atoms with E-state index in [-0.39, 0.29) is 41.2 Å². The number of anilines is 1. The Morgan fingerprint density at radius 2 is 1.61 bits per heavy atom. The predicted molar refractivity (Wildman–Crippen MR) is 120 cm³/mol. The monoisotopic (exact) mass is 469 g/mol. The van der Waals surface area contributed by atoms with Gasteiger partial charge in [0.1, 0.15) is 18.0 Å². The molecule has 0 aromatic heterocycles. The predicted octanol–water partition coefficient (Wildman–Crippen LogP) is 5.88. The molecule has 0 aliphatic rings. The van der Waals surface area contributed by atoms with Gasteiger partial charge in [-0.15, -0.1) is 0 Å². The summed E-state index contributed by atoms with van der Waals surface area (Å²) in [5.41, 5.74) is 1.24. The molecule has 7 nitrogen and oxygen atoms in total. The molecule has 0 saturated carbocycles. The second-order valence-electron chi connectivity index (χ2n) is 6.26. The zero-order chi connectivity index (χ0) is 23.0. The molecule has 0 saturated heterocycles. The molecule has 9 heteroatoms. The van der Waals surface area contributed by atoms with Crippen molar-refractivity contribution < 1.29 is 28.5 Å². The van der Waals surface area contributed by atoms with Crippen LogP contribution in [0.2, 0.25) is 10.0 Å². The number of halogens is 2. The van der Waals surface area contributed by atoms with Gasteiger partial charge in [0.25, 0.3) is 0 Å². The Morgan fingerprint density at radius 1 is 0.968 bits per heavy atom. The van der Waals surface area contributed by atoms with Crippen molar-refractivity contribution in [3.8, 4) is 17.2 Å². The van der Waals surface area contributed by atoms with Crippen molar-refractivity contribution in [1.82, 2.24) is 0 Å². The number of hydrogen-bond donors (Lipinski definition) is 0. The summed E-state index contributed by atoms with van der Waals surface area (Å²) in [4.78, 5) is 25.4. The second kappa shape index (κ2) is 11.7. The summed E-state index contributed by atoms with van der Waals surface area (Å²) in [6, 6.07) is 8.33. The highest BCUT2D eigenvalue weighted by atomic mass is 35.5. The zero-order valence-corrected chi connectivity index (χ0v) is 19.4. The summed E-state index contributed by atoms with van der Waals surface area (Å²) in [5, 5.41) is 0.323. The average molecular weight is 470 g/mol. The van der Waals surface area contributed by atoms with Crippen molar-refractivity contribution in [2.75, 3.05) is 31.8 Å². The van der Waals surface area contributed by atoms with E-state index in [1.807, 2.05) is 13.0 Å². The van der Waals surface area contributed by atoms with Gasteiger partial charge in [0.15, 0.2) is 5.75 Å². The standard InChI is InChI=1S/C22H25Cl2NO6/c1-5-14-10-16(8-9-19(14)28-4)31-21-17(23)11-15(12-18(21)24)25(22(27)30-7-3)13-20(26)29-6-2/h8-12H,5-7,13H2,1-4H3. The third-order valence-corrected chi connectivity index (χ3v) is 4.79. The quantitative estimate of drug-likeness (QED) is 0.426. The van der Waals surface area contributed by atoms with E-state index >= 15 is 0 Å². The molecular formula is C22H25Cl2NO6. The van der Waals surface area contributed by atoms with Crippen LogP contribution in [0.1, 0.15) is 26.3 Å². The Balaban J connectivity index is 2.36. The molecule has 1 amide bonds. The first-order valence-electron chi connectivity index (χ1n) is 9.78. The summed E-state index contributed by atoms with van der Waals surface area (Å²) in [6.45, 7) is 5.32. The molecule has 0 fully saturated rings. The van der Waals surface area contributed by atoms with Gasteiger partial charge in [-0.1, -0.05) is 30.1 Å². The normalized spacial score (nSPS) is 10.4. The number of esters is 1. The van der Waals surface area contributed by atoms with Gasteiger partial charge in [-0.05, 0) is 56.2 Å². The molecule has 0 aliphatic heterocycles. The van der Waals surface area contributed by atoms with Crippen molar-refractivity contribution in [2.45, 2.75) is 27.2 Å². The van der Waals surface area contributed by atoms with Gasteiger partial charge in [0, 0.05) is 0 Å². The SMILES string of the molecule is CCOC(=O)CN(C(=O)OCC)c1cc(Cl)c(Oc2ccc(OC)c(CC)c2)c(Cl)c1. The summed E-state index contributed by atoms with van der Waals surface area (Å²) in [5.74, 6) is 0.919. The van der Waals surface area contributed by atoms with Crippen LogP contribution in [0.4, 0.5) is 10.5 Å². The number of benzene rings is 2. The van der Waals surface area contributed by atoms with Gasteiger partial charge in [0.2, 0.25) is 0 Å². The molecule has 0 radical (unpaired) electrons. The first kappa shape index (κ1) is 24.6.